The monoisotopic (exact) mass is 441 g/mol. The van der Waals surface area contributed by atoms with Crippen LogP contribution >= 0.6 is 0 Å². The van der Waals surface area contributed by atoms with E-state index in [0.717, 1.165) is 11.1 Å². The summed E-state index contributed by atoms with van der Waals surface area (Å²) in [4.78, 5) is 31.4. The number of carbonyl (C=O) groups excluding carboxylic acids is 2. The van der Waals surface area contributed by atoms with Crippen LogP contribution in [0.5, 0.6) is 17.2 Å². The van der Waals surface area contributed by atoms with E-state index in [9.17, 15) is 9.59 Å². The van der Waals surface area contributed by atoms with Gasteiger partial charge in [0, 0.05) is 31.6 Å². The second-order valence-electron chi connectivity index (χ2n) is 7.86. The molecule has 3 rings (SSSR count). The third-order valence-corrected chi connectivity index (χ3v) is 5.78. The number of benzene rings is 1. The molecule has 1 N–H and O–H groups in total. The molecule has 1 aliphatic heterocycles. The van der Waals surface area contributed by atoms with Gasteiger partial charge in [-0.3, -0.25) is 9.59 Å². The fraction of sp³-hybridized carbons (Fsp3) is 0.458. The third-order valence-electron chi connectivity index (χ3n) is 5.78. The number of carbonyl (C=O) groups is 2. The summed E-state index contributed by atoms with van der Waals surface area (Å²) in [7, 11) is 4.71. The van der Waals surface area contributed by atoms with Crippen molar-refractivity contribution in [1.29, 1.82) is 0 Å². The van der Waals surface area contributed by atoms with Crippen molar-refractivity contribution in [2.45, 2.75) is 32.6 Å². The van der Waals surface area contributed by atoms with E-state index in [2.05, 4.69) is 10.3 Å². The van der Waals surface area contributed by atoms with E-state index >= 15 is 0 Å². The Bertz CT molecular complexity index is 937. The smallest absolute Gasteiger partial charge is 0.228 e. The number of rotatable bonds is 8. The first-order valence-electron chi connectivity index (χ1n) is 10.8. The van der Waals surface area contributed by atoms with Crippen LogP contribution in [-0.4, -0.2) is 56.1 Å². The molecule has 0 radical (unpaired) electrons. The van der Waals surface area contributed by atoms with Gasteiger partial charge in [0.15, 0.2) is 11.5 Å². The molecule has 0 unspecified atom stereocenters. The van der Waals surface area contributed by atoms with Crippen LogP contribution in [0, 0.1) is 12.8 Å². The fourth-order valence-corrected chi connectivity index (χ4v) is 3.92. The van der Waals surface area contributed by atoms with E-state index in [0.29, 0.717) is 61.8 Å². The average Bonchev–Trinajstić information content (AvgIpc) is 2.83. The van der Waals surface area contributed by atoms with Crippen molar-refractivity contribution in [3.05, 3.63) is 41.6 Å². The highest BCUT2D eigenvalue weighted by Crippen LogP contribution is 2.40. The lowest BCUT2D eigenvalue weighted by molar-refractivity contribution is -0.134. The lowest BCUT2D eigenvalue weighted by Gasteiger charge is -2.31. The number of anilines is 1. The van der Waals surface area contributed by atoms with Crippen LogP contribution in [0.15, 0.2) is 30.5 Å². The summed E-state index contributed by atoms with van der Waals surface area (Å²) < 4.78 is 16.2. The third kappa shape index (κ3) is 5.49. The van der Waals surface area contributed by atoms with Gasteiger partial charge in [0.1, 0.15) is 5.82 Å². The quantitative estimate of drug-likeness (QED) is 0.677. The molecule has 172 valence electrons. The van der Waals surface area contributed by atoms with Crippen molar-refractivity contribution in [2.75, 3.05) is 39.7 Å². The Balaban J connectivity index is 1.51. The highest BCUT2D eigenvalue weighted by molar-refractivity contribution is 5.91. The molecule has 1 aromatic heterocycles. The molecule has 0 atom stereocenters. The van der Waals surface area contributed by atoms with E-state index in [4.69, 9.17) is 14.2 Å². The molecule has 0 saturated carbocycles. The molecule has 2 aromatic rings. The van der Waals surface area contributed by atoms with E-state index in [1.54, 1.807) is 33.6 Å². The normalized spacial score (nSPS) is 14.1. The van der Waals surface area contributed by atoms with E-state index in [-0.39, 0.29) is 17.7 Å². The van der Waals surface area contributed by atoms with Crippen LogP contribution in [0.25, 0.3) is 0 Å². The molecule has 2 amide bonds. The first-order chi connectivity index (χ1) is 15.5. The van der Waals surface area contributed by atoms with Crippen molar-refractivity contribution in [3.8, 4) is 17.2 Å². The number of aromatic nitrogens is 1. The van der Waals surface area contributed by atoms with E-state index < -0.39 is 0 Å². The molecule has 8 heteroatoms. The van der Waals surface area contributed by atoms with Gasteiger partial charge in [-0.1, -0.05) is 12.1 Å². The maximum Gasteiger partial charge on any atom is 0.228 e. The number of piperidine rings is 1. The lowest BCUT2D eigenvalue weighted by atomic mass is 9.95. The number of nitrogens with zero attached hydrogens (tertiary/aromatic N) is 2. The molecule has 0 aliphatic carbocycles. The second kappa shape index (κ2) is 10.8. The van der Waals surface area contributed by atoms with E-state index in [1.807, 2.05) is 30.0 Å². The molecule has 32 heavy (non-hydrogen) atoms. The number of likely N-dealkylation sites (tertiary alicyclic amines) is 1. The highest BCUT2D eigenvalue weighted by Gasteiger charge is 2.27. The van der Waals surface area contributed by atoms with Crippen molar-refractivity contribution in [2.24, 2.45) is 5.92 Å². The number of methoxy groups -OCH3 is 3. The fourth-order valence-electron chi connectivity index (χ4n) is 3.92. The summed E-state index contributed by atoms with van der Waals surface area (Å²) in [6.45, 7) is 3.09. The lowest BCUT2D eigenvalue weighted by Crippen LogP contribution is -2.41. The molecule has 1 saturated heterocycles. The SMILES string of the molecule is COc1ccc(CCC(=O)N2CCC(C(=O)Nc3ccc(C)cn3)CC2)c(OC)c1OC. The number of aryl methyl sites for hydroxylation is 2. The summed E-state index contributed by atoms with van der Waals surface area (Å²) in [5.41, 5.74) is 1.93. The summed E-state index contributed by atoms with van der Waals surface area (Å²) in [5, 5.41) is 2.87. The number of ether oxygens (including phenoxy) is 3. The Morgan fingerprint density at radius 2 is 1.75 bits per heavy atom. The number of amides is 2. The van der Waals surface area contributed by atoms with Gasteiger partial charge >= 0.3 is 0 Å². The molecule has 8 nitrogen and oxygen atoms in total. The Morgan fingerprint density at radius 1 is 1.03 bits per heavy atom. The first-order valence-corrected chi connectivity index (χ1v) is 10.8. The van der Waals surface area contributed by atoms with Gasteiger partial charge < -0.3 is 24.4 Å². The van der Waals surface area contributed by atoms with Crippen molar-refractivity contribution in [3.63, 3.8) is 0 Å². The molecule has 1 aliphatic rings. The topological polar surface area (TPSA) is 90.0 Å². The molecule has 2 heterocycles. The second-order valence-corrected chi connectivity index (χ2v) is 7.86. The minimum Gasteiger partial charge on any atom is -0.493 e. The van der Waals surface area contributed by atoms with Crippen LogP contribution in [0.1, 0.15) is 30.4 Å². The zero-order valence-corrected chi connectivity index (χ0v) is 19.1. The van der Waals surface area contributed by atoms with Crippen molar-refractivity contribution < 1.29 is 23.8 Å². The predicted molar refractivity (Wildman–Crippen MR) is 121 cm³/mol. The summed E-state index contributed by atoms with van der Waals surface area (Å²) in [5.74, 6) is 2.16. The van der Waals surface area contributed by atoms with Crippen LogP contribution in [0.3, 0.4) is 0 Å². The number of nitrogens with one attached hydrogen (secondary N) is 1. The van der Waals surface area contributed by atoms with Gasteiger partial charge in [-0.05, 0) is 49.4 Å². The maximum atomic E-state index is 12.8. The Morgan fingerprint density at radius 3 is 2.34 bits per heavy atom. The van der Waals surface area contributed by atoms with Gasteiger partial charge in [-0.15, -0.1) is 0 Å². The summed E-state index contributed by atoms with van der Waals surface area (Å²) >= 11 is 0. The van der Waals surface area contributed by atoms with E-state index in [1.165, 1.54) is 0 Å². The van der Waals surface area contributed by atoms with Crippen LogP contribution in [0.2, 0.25) is 0 Å². The van der Waals surface area contributed by atoms with Gasteiger partial charge in [0.05, 0.1) is 21.3 Å². The van der Waals surface area contributed by atoms with Gasteiger partial charge in [-0.2, -0.15) is 0 Å². The Kier molecular flexibility index (Phi) is 7.92. The van der Waals surface area contributed by atoms with Gasteiger partial charge in [0.25, 0.3) is 0 Å². The zero-order chi connectivity index (χ0) is 23.1. The maximum absolute atomic E-state index is 12.8. The molecule has 0 spiro atoms. The Labute approximate surface area is 188 Å². The van der Waals surface area contributed by atoms with Crippen LogP contribution < -0.4 is 19.5 Å². The molecular weight excluding hydrogens is 410 g/mol. The molecule has 0 bridgehead atoms. The predicted octanol–water partition coefficient (Wildman–Crippen LogP) is 3.23. The minimum absolute atomic E-state index is 0.0384. The number of hydrogen-bond acceptors (Lipinski definition) is 6. The number of hydrogen-bond donors (Lipinski definition) is 1. The summed E-state index contributed by atoms with van der Waals surface area (Å²) in [6, 6.07) is 7.42. The molecular formula is C24H31N3O5. The zero-order valence-electron chi connectivity index (χ0n) is 19.1. The molecule has 1 fully saturated rings. The number of pyridine rings is 1. The Hall–Kier alpha value is -3.29. The standard InChI is InChI=1S/C24H31N3O5/c1-16-5-9-20(25-15-16)26-24(29)18-11-13-27(14-12-18)21(28)10-7-17-6-8-19(30-2)23(32-4)22(17)31-3/h5-6,8-9,15,18H,7,10-14H2,1-4H3,(H,25,26,29). The first kappa shape index (κ1) is 23.4. The van der Waals surface area contributed by atoms with Crippen molar-refractivity contribution >= 4 is 17.6 Å². The van der Waals surface area contributed by atoms with Crippen LogP contribution in [-0.2, 0) is 16.0 Å². The average molecular weight is 442 g/mol. The molecule has 1 aromatic carbocycles. The van der Waals surface area contributed by atoms with Crippen LogP contribution in [0.4, 0.5) is 5.82 Å². The minimum atomic E-state index is -0.118. The highest BCUT2D eigenvalue weighted by atomic mass is 16.5. The van der Waals surface area contributed by atoms with Crippen molar-refractivity contribution in [1.82, 2.24) is 9.88 Å². The van der Waals surface area contributed by atoms with Gasteiger partial charge in [-0.25, -0.2) is 4.98 Å². The van der Waals surface area contributed by atoms with Gasteiger partial charge in [0.2, 0.25) is 17.6 Å². The largest absolute Gasteiger partial charge is 0.493 e. The summed E-state index contributed by atoms with van der Waals surface area (Å²) in [6.07, 6.45) is 3.90.